The lowest BCUT2D eigenvalue weighted by molar-refractivity contribution is 0.0986. The molecule has 0 N–H and O–H groups in total. The van der Waals surface area contributed by atoms with Crippen LogP contribution >= 0.6 is 0 Å². The molecule has 0 fully saturated rings. The fraction of sp³-hybridized carbons (Fsp3) is 0.625. The number of ether oxygens (including phenoxy) is 1. The summed E-state index contributed by atoms with van der Waals surface area (Å²) in [7, 11) is 0. The predicted octanol–water partition coefficient (Wildman–Crippen LogP) is 7.42. The van der Waals surface area contributed by atoms with E-state index in [0.717, 1.165) is 25.2 Å². The van der Waals surface area contributed by atoms with E-state index in [9.17, 15) is 4.79 Å². The van der Waals surface area contributed by atoms with Gasteiger partial charge in [0.15, 0.2) is 12.0 Å². The molecule has 0 aliphatic heterocycles. The monoisotopic (exact) mass is 374 g/mol. The lowest BCUT2D eigenvalue weighted by Gasteiger charge is -2.03. The van der Waals surface area contributed by atoms with Gasteiger partial charge in [0, 0.05) is 6.61 Å². The van der Waals surface area contributed by atoms with Crippen molar-refractivity contribution in [1.82, 2.24) is 0 Å². The third-order valence-electron chi connectivity index (χ3n) is 4.53. The van der Waals surface area contributed by atoms with Gasteiger partial charge in [-0.1, -0.05) is 69.8 Å². The Morgan fingerprint density at radius 3 is 2.19 bits per heavy atom. The van der Waals surface area contributed by atoms with Crippen molar-refractivity contribution in [3.8, 4) is 0 Å². The SMILES string of the molecule is CCCCC/C=C\C/C=C\CCCCCCCCOCc1ccc(C=O)o1. The molecule has 3 nitrogen and oxygen atoms in total. The van der Waals surface area contributed by atoms with Gasteiger partial charge in [-0.15, -0.1) is 0 Å². The van der Waals surface area contributed by atoms with Gasteiger partial charge in [-0.3, -0.25) is 4.79 Å². The number of carbonyl (C=O) groups excluding carboxylic acids is 1. The number of carbonyl (C=O) groups is 1. The van der Waals surface area contributed by atoms with Crippen LogP contribution in [-0.2, 0) is 11.3 Å². The van der Waals surface area contributed by atoms with Gasteiger partial charge in [0.1, 0.15) is 12.4 Å². The van der Waals surface area contributed by atoms with Crippen molar-refractivity contribution in [1.29, 1.82) is 0 Å². The number of unbranched alkanes of at least 4 members (excludes halogenated alkanes) is 9. The predicted molar refractivity (Wildman–Crippen MR) is 113 cm³/mol. The van der Waals surface area contributed by atoms with Crippen molar-refractivity contribution in [2.45, 2.75) is 90.6 Å². The van der Waals surface area contributed by atoms with Gasteiger partial charge in [-0.2, -0.15) is 0 Å². The molecule has 0 bridgehead atoms. The van der Waals surface area contributed by atoms with Gasteiger partial charge in [-0.25, -0.2) is 0 Å². The molecule has 27 heavy (non-hydrogen) atoms. The van der Waals surface area contributed by atoms with Gasteiger partial charge in [0.05, 0.1) is 0 Å². The molecule has 0 unspecified atom stereocenters. The molecule has 3 heteroatoms. The normalized spacial score (nSPS) is 11.7. The third-order valence-corrected chi connectivity index (χ3v) is 4.53. The number of rotatable bonds is 18. The van der Waals surface area contributed by atoms with Crippen LogP contribution in [0.15, 0.2) is 40.9 Å². The maximum Gasteiger partial charge on any atom is 0.185 e. The first-order valence-electron chi connectivity index (χ1n) is 10.8. The van der Waals surface area contributed by atoms with E-state index in [4.69, 9.17) is 9.15 Å². The van der Waals surface area contributed by atoms with Crippen LogP contribution in [0.3, 0.4) is 0 Å². The Kier molecular flexibility index (Phi) is 15.4. The minimum Gasteiger partial charge on any atom is -0.456 e. The number of aldehydes is 1. The summed E-state index contributed by atoms with van der Waals surface area (Å²) in [6, 6.07) is 3.47. The Labute approximate surface area is 165 Å². The molecule has 0 aromatic carbocycles. The number of furan rings is 1. The largest absolute Gasteiger partial charge is 0.456 e. The van der Waals surface area contributed by atoms with Crippen molar-refractivity contribution < 1.29 is 13.9 Å². The summed E-state index contributed by atoms with van der Waals surface area (Å²) in [5.41, 5.74) is 0. The summed E-state index contributed by atoms with van der Waals surface area (Å²) < 4.78 is 10.8. The molecular weight excluding hydrogens is 336 g/mol. The van der Waals surface area contributed by atoms with Crippen LogP contribution in [0.5, 0.6) is 0 Å². The zero-order valence-corrected chi connectivity index (χ0v) is 17.2. The molecule has 0 radical (unpaired) electrons. The molecular formula is C24H38O3. The van der Waals surface area contributed by atoms with E-state index in [-0.39, 0.29) is 0 Å². The first-order chi connectivity index (χ1) is 13.4. The first kappa shape index (κ1) is 23.4. The van der Waals surface area contributed by atoms with Crippen LogP contribution in [0, 0.1) is 0 Å². The van der Waals surface area contributed by atoms with Gasteiger partial charge >= 0.3 is 0 Å². The average molecular weight is 375 g/mol. The number of allylic oxidation sites excluding steroid dienone is 4. The summed E-state index contributed by atoms with van der Waals surface area (Å²) in [5, 5.41) is 0. The molecule has 1 aromatic heterocycles. The molecule has 0 aliphatic rings. The van der Waals surface area contributed by atoms with Crippen LogP contribution in [0.1, 0.15) is 100 Å². The molecule has 1 rings (SSSR count). The Balaban J connectivity index is 1.79. The van der Waals surface area contributed by atoms with Crippen molar-refractivity contribution in [2.24, 2.45) is 0 Å². The highest BCUT2D eigenvalue weighted by Gasteiger charge is 2.00. The van der Waals surface area contributed by atoms with Gasteiger partial charge in [0.25, 0.3) is 0 Å². The van der Waals surface area contributed by atoms with Crippen LogP contribution in [0.2, 0.25) is 0 Å². The van der Waals surface area contributed by atoms with Gasteiger partial charge in [0.2, 0.25) is 0 Å². The Morgan fingerprint density at radius 2 is 1.52 bits per heavy atom. The fourth-order valence-corrected chi connectivity index (χ4v) is 2.90. The van der Waals surface area contributed by atoms with Crippen molar-refractivity contribution in [2.75, 3.05) is 6.61 Å². The minimum atomic E-state index is 0.363. The van der Waals surface area contributed by atoms with E-state index in [0.29, 0.717) is 18.7 Å². The zero-order valence-electron chi connectivity index (χ0n) is 17.2. The summed E-state index contributed by atoms with van der Waals surface area (Å²) in [4.78, 5) is 10.5. The van der Waals surface area contributed by atoms with E-state index in [1.54, 1.807) is 12.1 Å². The lowest BCUT2D eigenvalue weighted by Crippen LogP contribution is -1.94. The summed E-state index contributed by atoms with van der Waals surface area (Å²) in [6.07, 6.45) is 25.0. The third kappa shape index (κ3) is 14.2. The summed E-state index contributed by atoms with van der Waals surface area (Å²) >= 11 is 0. The van der Waals surface area contributed by atoms with E-state index in [1.165, 1.54) is 64.2 Å². The number of hydrogen-bond acceptors (Lipinski definition) is 3. The maximum atomic E-state index is 10.5. The molecule has 0 spiro atoms. The molecule has 0 atom stereocenters. The highest BCUT2D eigenvalue weighted by Crippen LogP contribution is 2.10. The van der Waals surface area contributed by atoms with E-state index in [2.05, 4.69) is 31.2 Å². The topological polar surface area (TPSA) is 39.4 Å². The Morgan fingerprint density at radius 1 is 0.852 bits per heavy atom. The highest BCUT2D eigenvalue weighted by molar-refractivity contribution is 5.70. The van der Waals surface area contributed by atoms with Crippen molar-refractivity contribution >= 4 is 6.29 Å². The van der Waals surface area contributed by atoms with E-state index >= 15 is 0 Å². The number of hydrogen-bond donors (Lipinski definition) is 0. The van der Waals surface area contributed by atoms with Gasteiger partial charge in [-0.05, 0) is 50.7 Å². The smallest absolute Gasteiger partial charge is 0.185 e. The summed E-state index contributed by atoms with van der Waals surface area (Å²) in [6.45, 7) is 3.46. The average Bonchev–Trinajstić information content (AvgIpc) is 3.15. The quantitative estimate of drug-likeness (QED) is 0.152. The van der Waals surface area contributed by atoms with Crippen molar-refractivity contribution in [3.63, 3.8) is 0 Å². The molecule has 152 valence electrons. The fourth-order valence-electron chi connectivity index (χ4n) is 2.90. The van der Waals surface area contributed by atoms with Crippen LogP contribution in [0.4, 0.5) is 0 Å². The van der Waals surface area contributed by atoms with E-state index in [1.807, 2.05) is 0 Å². The highest BCUT2D eigenvalue weighted by atomic mass is 16.5. The zero-order chi connectivity index (χ0) is 19.4. The molecule has 0 aliphatic carbocycles. The standard InChI is InChI=1S/C24H38O3/c1-2-3-4-5-6-7-8-9-10-11-12-13-14-15-16-17-20-26-22-24-19-18-23(21-25)27-24/h6-7,9-10,18-19,21H,2-5,8,11-17,20,22H2,1H3/b7-6-,10-9-. The molecule has 1 heterocycles. The molecule has 0 saturated heterocycles. The lowest BCUT2D eigenvalue weighted by atomic mass is 10.1. The minimum absolute atomic E-state index is 0.363. The first-order valence-corrected chi connectivity index (χ1v) is 10.8. The van der Waals surface area contributed by atoms with Gasteiger partial charge < -0.3 is 9.15 Å². The second-order valence-electron chi connectivity index (χ2n) is 7.06. The Hall–Kier alpha value is -1.61. The van der Waals surface area contributed by atoms with Crippen LogP contribution in [-0.4, -0.2) is 12.9 Å². The van der Waals surface area contributed by atoms with Crippen molar-refractivity contribution in [3.05, 3.63) is 48.0 Å². The Bertz CT molecular complexity index is 513. The second-order valence-corrected chi connectivity index (χ2v) is 7.06. The maximum absolute atomic E-state index is 10.5. The molecule has 0 saturated carbocycles. The van der Waals surface area contributed by atoms with Crippen LogP contribution < -0.4 is 0 Å². The molecule has 1 aromatic rings. The molecule has 0 amide bonds. The van der Waals surface area contributed by atoms with Crippen LogP contribution in [0.25, 0.3) is 0 Å². The summed E-state index contributed by atoms with van der Waals surface area (Å²) in [5.74, 6) is 1.08. The second kappa shape index (κ2) is 17.8. The van der Waals surface area contributed by atoms with E-state index < -0.39 is 0 Å².